The predicted molar refractivity (Wildman–Crippen MR) is 164 cm³/mol. The Morgan fingerprint density at radius 3 is 2.16 bits per heavy atom. The second-order valence-electron chi connectivity index (χ2n) is 10.6. The van der Waals surface area contributed by atoms with Crippen LogP contribution in [0, 0.1) is 0 Å². The second-order valence-corrected chi connectivity index (χ2v) is 10.6. The van der Waals surface area contributed by atoms with Gasteiger partial charge in [-0.1, -0.05) is 0 Å². The number of fused-ring (bicyclic) bond motifs is 2. The molecule has 0 spiro atoms. The molecular formula is C33H35N5O5. The normalized spacial score (nSPS) is 15.3. The van der Waals surface area contributed by atoms with Crippen molar-refractivity contribution in [3.05, 3.63) is 88.7 Å². The molecule has 222 valence electrons. The number of nitrogens with zero attached hydrogens (tertiary/aromatic N) is 4. The summed E-state index contributed by atoms with van der Waals surface area (Å²) >= 11 is 0. The van der Waals surface area contributed by atoms with Crippen LogP contribution in [0.2, 0.25) is 0 Å². The van der Waals surface area contributed by atoms with Gasteiger partial charge in [-0.2, -0.15) is 0 Å². The molecule has 2 aliphatic rings. The lowest BCUT2D eigenvalue weighted by Crippen LogP contribution is -2.26. The molecule has 2 aliphatic heterocycles. The van der Waals surface area contributed by atoms with Gasteiger partial charge in [0.1, 0.15) is 41.0 Å². The largest absolute Gasteiger partial charge is 0.497 e. The van der Waals surface area contributed by atoms with Gasteiger partial charge in [-0.15, -0.1) is 0 Å². The van der Waals surface area contributed by atoms with E-state index in [4.69, 9.17) is 18.9 Å². The first-order chi connectivity index (χ1) is 20.9. The molecule has 0 bridgehead atoms. The van der Waals surface area contributed by atoms with Crippen LogP contribution in [-0.2, 0) is 19.5 Å². The molecule has 0 fully saturated rings. The molecule has 6 rings (SSSR count). The fraction of sp³-hybridized carbons (Fsp3) is 0.303. The van der Waals surface area contributed by atoms with Crippen molar-refractivity contribution in [2.75, 3.05) is 45.2 Å². The van der Waals surface area contributed by atoms with Crippen LogP contribution in [0.5, 0.6) is 23.0 Å². The number of hydrogen-bond acceptors (Lipinski definition) is 9. The number of nitrogens with one attached hydrogen (secondary N) is 1. The standard InChI is InChI=1S/C33H35N5O5/c1-20-28-14-23(8-11-26(28)33(39)38(20)18-22-7-10-25(41-3)16-30(22)43-5)36-31-27-12-13-37(32(27)35-19-34-31)17-21-6-9-24(40-2)15-29(21)42-4/h6-11,14-16,19-20H,12-13,17-18H2,1-5H3,(H,34,35,36). The number of carbonyl (C=O) groups excluding carboxylic acids is 1. The van der Waals surface area contributed by atoms with Gasteiger partial charge in [0.15, 0.2) is 0 Å². The molecule has 43 heavy (non-hydrogen) atoms. The summed E-state index contributed by atoms with van der Waals surface area (Å²) in [6, 6.07) is 17.3. The minimum atomic E-state index is -0.109. The van der Waals surface area contributed by atoms with Crippen LogP contribution in [0.15, 0.2) is 60.9 Å². The van der Waals surface area contributed by atoms with Gasteiger partial charge in [-0.3, -0.25) is 4.79 Å². The summed E-state index contributed by atoms with van der Waals surface area (Å²) in [7, 11) is 6.56. The first-order valence-corrected chi connectivity index (χ1v) is 14.2. The summed E-state index contributed by atoms with van der Waals surface area (Å²) in [5.74, 6) is 4.60. The van der Waals surface area contributed by atoms with Gasteiger partial charge < -0.3 is 34.1 Å². The molecule has 1 aromatic heterocycles. The zero-order chi connectivity index (χ0) is 30.1. The molecule has 1 amide bonds. The molecule has 0 radical (unpaired) electrons. The maximum Gasteiger partial charge on any atom is 0.255 e. The summed E-state index contributed by atoms with van der Waals surface area (Å²) < 4.78 is 21.9. The fourth-order valence-corrected chi connectivity index (χ4v) is 5.90. The minimum Gasteiger partial charge on any atom is -0.497 e. The van der Waals surface area contributed by atoms with Crippen molar-refractivity contribution in [1.82, 2.24) is 14.9 Å². The highest BCUT2D eigenvalue weighted by Crippen LogP contribution is 2.39. The predicted octanol–water partition coefficient (Wildman–Crippen LogP) is 5.53. The number of anilines is 3. The van der Waals surface area contributed by atoms with E-state index in [9.17, 15) is 4.79 Å². The van der Waals surface area contributed by atoms with Crippen molar-refractivity contribution in [3.63, 3.8) is 0 Å². The van der Waals surface area contributed by atoms with Crippen LogP contribution in [0.3, 0.4) is 0 Å². The minimum absolute atomic E-state index is 0.000509. The van der Waals surface area contributed by atoms with Gasteiger partial charge in [0, 0.05) is 53.2 Å². The Morgan fingerprint density at radius 1 is 0.837 bits per heavy atom. The second kappa shape index (κ2) is 11.7. The lowest BCUT2D eigenvalue weighted by Gasteiger charge is -2.23. The first kappa shape index (κ1) is 28.1. The summed E-state index contributed by atoms with van der Waals surface area (Å²) in [5, 5.41) is 3.50. The van der Waals surface area contributed by atoms with E-state index >= 15 is 0 Å². The zero-order valence-corrected chi connectivity index (χ0v) is 25.0. The van der Waals surface area contributed by atoms with Crippen LogP contribution in [-0.4, -0.2) is 55.8 Å². The van der Waals surface area contributed by atoms with E-state index in [0.717, 1.165) is 64.0 Å². The Kier molecular flexibility index (Phi) is 7.67. The Labute approximate surface area is 251 Å². The highest BCUT2D eigenvalue weighted by atomic mass is 16.5. The molecule has 4 aromatic rings. The summed E-state index contributed by atoms with van der Waals surface area (Å²) in [6.45, 7) is 3.96. The average molecular weight is 582 g/mol. The Bertz CT molecular complexity index is 1680. The molecule has 10 nitrogen and oxygen atoms in total. The lowest BCUT2D eigenvalue weighted by atomic mass is 10.0. The van der Waals surface area contributed by atoms with E-state index in [1.165, 1.54) is 0 Å². The number of carbonyl (C=O) groups is 1. The topological polar surface area (TPSA) is 98.3 Å². The van der Waals surface area contributed by atoms with E-state index in [-0.39, 0.29) is 11.9 Å². The zero-order valence-electron chi connectivity index (χ0n) is 25.0. The molecule has 10 heteroatoms. The molecule has 1 N–H and O–H groups in total. The Balaban J connectivity index is 1.20. The van der Waals surface area contributed by atoms with Crippen LogP contribution in [0.25, 0.3) is 0 Å². The molecule has 0 saturated carbocycles. The molecule has 0 saturated heterocycles. The third-order valence-corrected chi connectivity index (χ3v) is 8.27. The highest BCUT2D eigenvalue weighted by molar-refractivity contribution is 5.99. The maximum atomic E-state index is 13.4. The van der Waals surface area contributed by atoms with Gasteiger partial charge in [0.25, 0.3) is 5.91 Å². The van der Waals surface area contributed by atoms with E-state index in [1.807, 2.05) is 59.5 Å². The number of hydrogen-bond donors (Lipinski definition) is 1. The quantitative estimate of drug-likeness (QED) is 0.259. The van der Waals surface area contributed by atoms with Crippen LogP contribution in [0.4, 0.5) is 17.3 Å². The number of methoxy groups -OCH3 is 4. The number of aromatic nitrogens is 2. The van der Waals surface area contributed by atoms with Gasteiger partial charge in [0.05, 0.1) is 41.0 Å². The Morgan fingerprint density at radius 2 is 1.51 bits per heavy atom. The molecular weight excluding hydrogens is 546 g/mol. The molecule has 1 atom stereocenters. The van der Waals surface area contributed by atoms with Gasteiger partial charge in [-0.25, -0.2) is 9.97 Å². The molecule has 1 unspecified atom stereocenters. The molecule has 3 aromatic carbocycles. The lowest BCUT2D eigenvalue weighted by molar-refractivity contribution is 0.0721. The Hall–Kier alpha value is -4.99. The molecule has 3 heterocycles. The van der Waals surface area contributed by atoms with Crippen molar-refractivity contribution in [1.29, 1.82) is 0 Å². The van der Waals surface area contributed by atoms with E-state index in [0.29, 0.717) is 30.2 Å². The van der Waals surface area contributed by atoms with Gasteiger partial charge in [-0.05, 0) is 61.4 Å². The van der Waals surface area contributed by atoms with Crippen molar-refractivity contribution < 1.29 is 23.7 Å². The summed E-state index contributed by atoms with van der Waals surface area (Å²) in [5.41, 5.74) is 5.59. The van der Waals surface area contributed by atoms with E-state index < -0.39 is 0 Å². The maximum absolute atomic E-state index is 13.4. The molecule has 0 aliphatic carbocycles. The number of benzene rings is 3. The number of ether oxygens (including phenoxy) is 4. The van der Waals surface area contributed by atoms with E-state index in [1.54, 1.807) is 34.8 Å². The summed E-state index contributed by atoms with van der Waals surface area (Å²) in [6.07, 6.45) is 2.41. The number of rotatable bonds is 10. The van der Waals surface area contributed by atoms with Crippen molar-refractivity contribution in [2.45, 2.75) is 32.5 Å². The van der Waals surface area contributed by atoms with Crippen molar-refractivity contribution in [2.24, 2.45) is 0 Å². The SMILES string of the molecule is COc1ccc(CN2CCc3c(Nc4ccc5c(c4)C(C)N(Cc4ccc(OC)cc4OC)C5=O)ncnc32)c(OC)c1. The van der Waals surface area contributed by atoms with E-state index in [2.05, 4.69) is 27.1 Å². The van der Waals surface area contributed by atoms with Crippen LogP contribution < -0.4 is 29.2 Å². The van der Waals surface area contributed by atoms with Gasteiger partial charge >= 0.3 is 0 Å². The smallest absolute Gasteiger partial charge is 0.255 e. The average Bonchev–Trinajstić information content (AvgIpc) is 3.55. The fourth-order valence-electron chi connectivity index (χ4n) is 5.90. The van der Waals surface area contributed by atoms with Crippen molar-refractivity contribution in [3.8, 4) is 23.0 Å². The highest BCUT2D eigenvalue weighted by Gasteiger charge is 2.35. The number of amides is 1. The summed E-state index contributed by atoms with van der Waals surface area (Å²) in [4.78, 5) is 26.7. The first-order valence-electron chi connectivity index (χ1n) is 14.2. The van der Waals surface area contributed by atoms with Crippen LogP contribution in [0.1, 0.15) is 45.6 Å². The van der Waals surface area contributed by atoms with Crippen molar-refractivity contribution >= 4 is 23.2 Å². The third kappa shape index (κ3) is 5.24. The monoisotopic (exact) mass is 581 g/mol. The third-order valence-electron chi connectivity index (χ3n) is 8.27. The van der Waals surface area contributed by atoms with Crippen LogP contribution >= 0.6 is 0 Å². The van der Waals surface area contributed by atoms with Gasteiger partial charge in [0.2, 0.25) is 0 Å².